The molecule has 1 aromatic rings. The molecule has 0 radical (unpaired) electrons. The molecule has 1 N–H and O–H groups in total. The van der Waals surface area contributed by atoms with Gasteiger partial charge in [-0.25, -0.2) is 0 Å². The van der Waals surface area contributed by atoms with E-state index >= 15 is 0 Å². The third-order valence-electron chi connectivity index (χ3n) is 3.63. The van der Waals surface area contributed by atoms with Crippen LogP contribution in [0.3, 0.4) is 0 Å². The average molecular weight is 306 g/mol. The Morgan fingerprint density at radius 1 is 0.955 bits per heavy atom. The Kier molecular flexibility index (Phi) is 7.54. The largest absolute Gasteiger partial charge is 0.379 e. The van der Waals surface area contributed by atoms with Crippen molar-refractivity contribution in [3.63, 3.8) is 0 Å². The molecule has 0 atom stereocenters. The molecular formula is C19H34N2O. The van der Waals surface area contributed by atoms with Crippen LogP contribution >= 0.6 is 0 Å². The van der Waals surface area contributed by atoms with Crippen LogP contribution in [0, 0.1) is 0 Å². The van der Waals surface area contributed by atoms with Gasteiger partial charge in [-0.15, -0.1) is 0 Å². The minimum atomic E-state index is 0.204. The summed E-state index contributed by atoms with van der Waals surface area (Å²) in [6.45, 7) is 18.2. The van der Waals surface area contributed by atoms with Gasteiger partial charge in [0.15, 0.2) is 0 Å². The van der Waals surface area contributed by atoms with Crippen LogP contribution < -0.4 is 5.32 Å². The van der Waals surface area contributed by atoms with Crippen LogP contribution in [-0.2, 0) is 11.3 Å². The normalized spacial score (nSPS) is 16.8. The maximum atomic E-state index is 5.25. The Hall–Kier alpha value is -0.900. The molecule has 0 aromatic heterocycles. The van der Waals surface area contributed by atoms with Crippen molar-refractivity contribution in [1.82, 2.24) is 10.2 Å². The van der Waals surface area contributed by atoms with E-state index in [4.69, 9.17) is 4.74 Å². The zero-order valence-corrected chi connectivity index (χ0v) is 15.3. The van der Waals surface area contributed by atoms with Gasteiger partial charge in [-0.1, -0.05) is 30.3 Å². The molecule has 1 aliphatic rings. The topological polar surface area (TPSA) is 24.5 Å². The van der Waals surface area contributed by atoms with E-state index in [1.165, 1.54) is 5.56 Å². The summed E-state index contributed by atoms with van der Waals surface area (Å²) < 4.78 is 5.25. The second-order valence-electron chi connectivity index (χ2n) is 7.86. The van der Waals surface area contributed by atoms with Gasteiger partial charge in [0.2, 0.25) is 0 Å². The monoisotopic (exact) mass is 306 g/mol. The number of rotatable bonds is 2. The van der Waals surface area contributed by atoms with Crippen molar-refractivity contribution < 1.29 is 4.74 Å². The minimum absolute atomic E-state index is 0.204. The molecule has 0 spiro atoms. The van der Waals surface area contributed by atoms with Crippen LogP contribution in [0.15, 0.2) is 30.3 Å². The third kappa shape index (κ3) is 8.52. The Labute approximate surface area is 137 Å². The lowest BCUT2D eigenvalue weighted by molar-refractivity contribution is -0.00389. The fourth-order valence-corrected chi connectivity index (χ4v) is 2.20. The van der Waals surface area contributed by atoms with Crippen molar-refractivity contribution in [2.45, 2.75) is 59.2 Å². The number of ether oxygens (including phenoxy) is 1. The molecule has 1 aliphatic heterocycles. The summed E-state index contributed by atoms with van der Waals surface area (Å²) in [5, 5.41) is 3.44. The number of nitrogens with zero attached hydrogens (tertiary/aromatic N) is 1. The molecule has 1 heterocycles. The van der Waals surface area contributed by atoms with Crippen molar-refractivity contribution in [2.75, 3.05) is 26.3 Å². The van der Waals surface area contributed by atoms with Crippen molar-refractivity contribution in [2.24, 2.45) is 0 Å². The summed E-state index contributed by atoms with van der Waals surface area (Å²) in [5.41, 5.74) is 1.87. The van der Waals surface area contributed by atoms with Crippen LogP contribution in [0.25, 0.3) is 0 Å². The summed E-state index contributed by atoms with van der Waals surface area (Å²) in [5.74, 6) is 0. The predicted molar refractivity (Wildman–Crippen MR) is 95.2 cm³/mol. The van der Waals surface area contributed by atoms with Gasteiger partial charge < -0.3 is 10.1 Å². The molecule has 0 saturated carbocycles. The number of hydrogen-bond donors (Lipinski definition) is 1. The van der Waals surface area contributed by atoms with Crippen LogP contribution in [0.2, 0.25) is 0 Å². The molecule has 0 unspecified atom stereocenters. The number of morpholine rings is 1. The smallest absolute Gasteiger partial charge is 0.0594 e. The van der Waals surface area contributed by atoms with Crippen molar-refractivity contribution in [1.29, 1.82) is 0 Å². The summed E-state index contributed by atoms with van der Waals surface area (Å²) in [6, 6.07) is 10.5. The van der Waals surface area contributed by atoms with Crippen LogP contribution in [-0.4, -0.2) is 42.3 Å². The predicted octanol–water partition coefficient (Wildman–Crippen LogP) is 3.69. The van der Waals surface area contributed by atoms with Gasteiger partial charge in [-0.2, -0.15) is 0 Å². The fourth-order valence-electron chi connectivity index (χ4n) is 2.20. The first-order chi connectivity index (χ1) is 10.2. The molecule has 22 heavy (non-hydrogen) atoms. The second kappa shape index (κ2) is 8.66. The van der Waals surface area contributed by atoms with Gasteiger partial charge in [0.05, 0.1) is 13.2 Å². The maximum Gasteiger partial charge on any atom is 0.0594 e. The van der Waals surface area contributed by atoms with Gasteiger partial charge in [0.25, 0.3) is 0 Å². The summed E-state index contributed by atoms with van der Waals surface area (Å²) in [6.07, 6.45) is 0. The number of benzene rings is 1. The van der Waals surface area contributed by atoms with E-state index in [0.717, 1.165) is 32.8 Å². The SMILES string of the molecule is CC(C)(C)N1CCOCC1.CC(C)(C)NCc1ccccc1. The van der Waals surface area contributed by atoms with E-state index in [1.54, 1.807) is 0 Å². The fraction of sp³-hybridized carbons (Fsp3) is 0.684. The highest BCUT2D eigenvalue weighted by atomic mass is 16.5. The highest BCUT2D eigenvalue weighted by Gasteiger charge is 2.22. The van der Waals surface area contributed by atoms with Gasteiger partial charge in [-0.3, -0.25) is 4.90 Å². The molecule has 2 rings (SSSR count). The molecule has 3 nitrogen and oxygen atoms in total. The quantitative estimate of drug-likeness (QED) is 0.902. The molecule has 0 aliphatic carbocycles. The van der Waals surface area contributed by atoms with Gasteiger partial charge in [-0.05, 0) is 47.1 Å². The van der Waals surface area contributed by atoms with E-state index in [-0.39, 0.29) is 5.54 Å². The number of nitrogens with one attached hydrogen (secondary N) is 1. The first-order valence-corrected chi connectivity index (χ1v) is 8.30. The summed E-state index contributed by atoms with van der Waals surface area (Å²) in [4.78, 5) is 2.45. The second-order valence-corrected chi connectivity index (χ2v) is 7.86. The zero-order chi connectivity index (χ0) is 16.6. The molecule has 126 valence electrons. The lowest BCUT2D eigenvalue weighted by atomic mass is 10.1. The Morgan fingerprint density at radius 3 is 1.91 bits per heavy atom. The number of hydrogen-bond acceptors (Lipinski definition) is 3. The van der Waals surface area contributed by atoms with E-state index in [0.29, 0.717) is 5.54 Å². The van der Waals surface area contributed by atoms with Crippen molar-refractivity contribution in [3.05, 3.63) is 35.9 Å². The molecule has 1 aromatic carbocycles. The van der Waals surface area contributed by atoms with Crippen LogP contribution in [0.5, 0.6) is 0 Å². The Morgan fingerprint density at radius 2 is 1.50 bits per heavy atom. The highest BCUT2D eigenvalue weighted by molar-refractivity contribution is 5.14. The first kappa shape index (κ1) is 19.1. The Balaban J connectivity index is 0.000000224. The van der Waals surface area contributed by atoms with Gasteiger partial charge >= 0.3 is 0 Å². The van der Waals surface area contributed by atoms with Crippen LogP contribution in [0.4, 0.5) is 0 Å². The van der Waals surface area contributed by atoms with E-state index in [2.05, 4.69) is 76.0 Å². The maximum absolute atomic E-state index is 5.25. The molecule has 1 saturated heterocycles. The van der Waals surface area contributed by atoms with Crippen molar-refractivity contribution >= 4 is 0 Å². The van der Waals surface area contributed by atoms with Crippen LogP contribution in [0.1, 0.15) is 47.1 Å². The summed E-state index contributed by atoms with van der Waals surface area (Å²) in [7, 11) is 0. The molecule has 1 fully saturated rings. The van der Waals surface area contributed by atoms with E-state index in [9.17, 15) is 0 Å². The standard InChI is InChI=1S/C11H17N.C8H17NO/c1-11(2,3)12-9-10-7-5-4-6-8-10;1-8(2,3)9-4-6-10-7-5-9/h4-8,12H,9H2,1-3H3;4-7H2,1-3H3. The molecular weight excluding hydrogens is 272 g/mol. The highest BCUT2D eigenvalue weighted by Crippen LogP contribution is 2.13. The first-order valence-electron chi connectivity index (χ1n) is 8.30. The molecule has 0 amide bonds. The lowest BCUT2D eigenvalue weighted by Crippen LogP contribution is -2.47. The molecule has 0 bridgehead atoms. The van der Waals surface area contributed by atoms with E-state index in [1.807, 2.05) is 6.07 Å². The van der Waals surface area contributed by atoms with E-state index < -0.39 is 0 Å². The lowest BCUT2D eigenvalue weighted by Gasteiger charge is -2.38. The Bertz CT molecular complexity index is 398. The zero-order valence-electron chi connectivity index (χ0n) is 15.3. The third-order valence-corrected chi connectivity index (χ3v) is 3.63. The average Bonchev–Trinajstić information content (AvgIpc) is 2.46. The minimum Gasteiger partial charge on any atom is -0.379 e. The van der Waals surface area contributed by atoms with Gasteiger partial charge in [0.1, 0.15) is 0 Å². The molecule has 3 heteroatoms. The van der Waals surface area contributed by atoms with Gasteiger partial charge in [0, 0.05) is 30.7 Å². The summed E-state index contributed by atoms with van der Waals surface area (Å²) >= 11 is 0. The van der Waals surface area contributed by atoms with Crippen molar-refractivity contribution in [3.8, 4) is 0 Å².